The van der Waals surface area contributed by atoms with Gasteiger partial charge in [0.1, 0.15) is 11.9 Å². The molecule has 0 amide bonds. The summed E-state index contributed by atoms with van der Waals surface area (Å²) in [7, 11) is 0. The number of imidazole rings is 1. The molecule has 1 heterocycles. The maximum Gasteiger partial charge on any atom is 0.138 e. The van der Waals surface area contributed by atoms with Crippen LogP contribution in [0.2, 0.25) is 0 Å². The minimum atomic E-state index is -0.581. The fourth-order valence-electron chi connectivity index (χ4n) is 2.77. The van der Waals surface area contributed by atoms with Gasteiger partial charge in [0.25, 0.3) is 0 Å². The third-order valence-electron chi connectivity index (χ3n) is 4.04. The zero-order chi connectivity index (χ0) is 15.7. The molecule has 0 aliphatic heterocycles. The first-order chi connectivity index (χ1) is 10.6. The fourth-order valence-corrected chi connectivity index (χ4v) is 2.77. The number of para-hydroxylation sites is 2. The van der Waals surface area contributed by atoms with Gasteiger partial charge in [-0.05, 0) is 36.1 Å². The molecule has 0 aliphatic carbocycles. The van der Waals surface area contributed by atoms with E-state index in [0.717, 1.165) is 17.6 Å². The Kier molecular flexibility index (Phi) is 3.99. The SMILES string of the molecule is CC(C)c1ccc(Cn2c([C@H](C)O)nc3ccccc32)cc1. The van der Waals surface area contributed by atoms with Crippen molar-refractivity contribution in [2.45, 2.75) is 39.3 Å². The third-order valence-corrected chi connectivity index (χ3v) is 4.04. The first-order valence-corrected chi connectivity index (χ1v) is 7.78. The molecule has 3 heteroatoms. The topological polar surface area (TPSA) is 38.0 Å². The van der Waals surface area contributed by atoms with Gasteiger partial charge >= 0.3 is 0 Å². The summed E-state index contributed by atoms with van der Waals surface area (Å²) in [6.07, 6.45) is -0.581. The smallest absolute Gasteiger partial charge is 0.138 e. The number of rotatable bonds is 4. The molecule has 0 saturated heterocycles. The van der Waals surface area contributed by atoms with Crippen molar-refractivity contribution in [2.24, 2.45) is 0 Å². The highest BCUT2D eigenvalue weighted by Crippen LogP contribution is 2.23. The second-order valence-corrected chi connectivity index (χ2v) is 6.12. The van der Waals surface area contributed by atoms with Crippen LogP contribution in [0.3, 0.4) is 0 Å². The van der Waals surface area contributed by atoms with Gasteiger partial charge in [0, 0.05) is 6.54 Å². The van der Waals surface area contributed by atoms with Crippen molar-refractivity contribution in [1.82, 2.24) is 9.55 Å². The van der Waals surface area contributed by atoms with Crippen LogP contribution >= 0.6 is 0 Å². The lowest BCUT2D eigenvalue weighted by molar-refractivity contribution is 0.185. The van der Waals surface area contributed by atoms with Crippen LogP contribution in [0.4, 0.5) is 0 Å². The average Bonchev–Trinajstić information content (AvgIpc) is 2.87. The van der Waals surface area contributed by atoms with Crippen LogP contribution < -0.4 is 0 Å². The molecule has 0 unspecified atom stereocenters. The van der Waals surface area contributed by atoms with Crippen LogP contribution in [0.15, 0.2) is 48.5 Å². The van der Waals surface area contributed by atoms with E-state index in [9.17, 15) is 5.11 Å². The van der Waals surface area contributed by atoms with Crippen LogP contribution in [0.1, 0.15) is 49.7 Å². The fraction of sp³-hybridized carbons (Fsp3) is 0.316. The molecule has 0 bridgehead atoms. The minimum Gasteiger partial charge on any atom is -0.385 e. The van der Waals surface area contributed by atoms with Crippen LogP contribution in [0, 0.1) is 0 Å². The van der Waals surface area contributed by atoms with Crippen LogP contribution in [-0.2, 0) is 6.54 Å². The van der Waals surface area contributed by atoms with E-state index in [-0.39, 0.29) is 0 Å². The first kappa shape index (κ1) is 14.8. The van der Waals surface area contributed by atoms with Gasteiger partial charge in [0.15, 0.2) is 0 Å². The molecule has 0 spiro atoms. The largest absolute Gasteiger partial charge is 0.385 e. The van der Waals surface area contributed by atoms with Crippen molar-refractivity contribution < 1.29 is 5.11 Å². The Hall–Kier alpha value is -2.13. The summed E-state index contributed by atoms with van der Waals surface area (Å²) in [5.41, 5.74) is 4.55. The van der Waals surface area contributed by atoms with Crippen molar-refractivity contribution in [3.63, 3.8) is 0 Å². The molecule has 3 aromatic rings. The van der Waals surface area contributed by atoms with E-state index < -0.39 is 6.10 Å². The van der Waals surface area contributed by atoms with Crippen molar-refractivity contribution >= 4 is 11.0 Å². The molecule has 22 heavy (non-hydrogen) atoms. The Morgan fingerprint density at radius 1 is 1.00 bits per heavy atom. The standard InChI is InChI=1S/C19H22N2O/c1-13(2)16-10-8-15(9-11-16)12-21-18-7-5-4-6-17(18)20-19(21)14(3)22/h4-11,13-14,22H,12H2,1-3H3/t14-/m0/s1. The summed E-state index contributed by atoms with van der Waals surface area (Å²) in [6.45, 7) is 6.88. The lowest BCUT2D eigenvalue weighted by Crippen LogP contribution is -2.08. The number of aromatic nitrogens is 2. The highest BCUT2D eigenvalue weighted by Gasteiger charge is 2.14. The van der Waals surface area contributed by atoms with E-state index in [1.807, 2.05) is 18.2 Å². The van der Waals surface area contributed by atoms with Crippen molar-refractivity contribution in [2.75, 3.05) is 0 Å². The van der Waals surface area contributed by atoms with Gasteiger partial charge in [-0.1, -0.05) is 50.2 Å². The van der Waals surface area contributed by atoms with E-state index in [1.54, 1.807) is 6.92 Å². The lowest BCUT2D eigenvalue weighted by Gasteiger charge is -2.12. The molecular weight excluding hydrogens is 272 g/mol. The van der Waals surface area contributed by atoms with Crippen LogP contribution in [-0.4, -0.2) is 14.7 Å². The molecule has 1 N–H and O–H groups in total. The van der Waals surface area contributed by atoms with E-state index in [2.05, 4.69) is 53.7 Å². The molecule has 0 aliphatic rings. The van der Waals surface area contributed by atoms with Crippen molar-refractivity contribution in [3.8, 4) is 0 Å². The van der Waals surface area contributed by atoms with E-state index in [0.29, 0.717) is 11.7 Å². The second kappa shape index (κ2) is 5.93. The zero-order valence-corrected chi connectivity index (χ0v) is 13.3. The quantitative estimate of drug-likeness (QED) is 0.780. The summed E-state index contributed by atoms with van der Waals surface area (Å²) in [4.78, 5) is 4.57. The molecule has 3 rings (SSSR count). The molecule has 1 aromatic heterocycles. The predicted molar refractivity (Wildman–Crippen MR) is 90.0 cm³/mol. The van der Waals surface area contributed by atoms with Gasteiger partial charge in [-0.3, -0.25) is 0 Å². The molecule has 3 nitrogen and oxygen atoms in total. The number of nitrogens with zero attached hydrogens (tertiary/aromatic N) is 2. The van der Waals surface area contributed by atoms with Gasteiger partial charge in [-0.15, -0.1) is 0 Å². The first-order valence-electron chi connectivity index (χ1n) is 7.78. The average molecular weight is 294 g/mol. The Balaban J connectivity index is 2.00. The van der Waals surface area contributed by atoms with E-state index in [4.69, 9.17) is 0 Å². The van der Waals surface area contributed by atoms with Gasteiger partial charge in [-0.25, -0.2) is 4.98 Å². The Labute approximate surface area is 131 Å². The predicted octanol–water partition coefficient (Wildman–Crippen LogP) is 4.26. The number of hydrogen-bond donors (Lipinski definition) is 1. The Bertz CT molecular complexity index is 770. The van der Waals surface area contributed by atoms with Crippen molar-refractivity contribution in [3.05, 3.63) is 65.5 Å². The van der Waals surface area contributed by atoms with Gasteiger partial charge in [0.2, 0.25) is 0 Å². The number of fused-ring (bicyclic) bond motifs is 1. The highest BCUT2D eigenvalue weighted by molar-refractivity contribution is 5.76. The van der Waals surface area contributed by atoms with Gasteiger partial charge in [0.05, 0.1) is 11.0 Å². The molecule has 0 saturated carbocycles. The van der Waals surface area contributed by atoms with Gasteiger partial charge in [-0.2, -0.15) is 0 Å². The maximum atomic E-state index is 10.0. The van der Waals surface area contributed by atoms with Crippen LogP contribution in [0.25, 0.3) is 11.0 Å². The van der Waals surface area contributed by atoms with E-state index in [1.165, 1.54) is 11.1 Å². The normalized spacial score (nSPS) is 13.0. The number of benzene rings is 2. The molecule has 0 radical (unpaired) electrons. The Morgan fingerprint density at radius 2 is 1.68 bits per heavy atom. The summed E-state index contributed by atoms with van der Waals surface area (Å²) in [5.74, 6) is 1.25. The molecule has 114 valence electrons. The monoisotopic (exact) mass is 294 g/mol. The maximum absolute atomic E-state index is 10.0. The summed E-state index contributed by atoms with van der Waals surface area (Å²) in [5, 5.41) is 10.0. The summed E-state index contributed by atoms with van der Waals surface area (Å²) >= 11 is 0. The molecular formula is C19H22N2O. The second-order valence-electron chi connectivity index (χ2n) is 6.12. The summed E-state index contributed by atoms with van der Waals surface area (Å²) < 4.78 is 2.10. The summed E-state index contributed by atoms with van der Waals surface area (Å²) in [6, 6.07) is 16.7. The molecule has 1 atom stereocenters. The molecule has 0 fully saturated rings. The Morgan fingerprint density at radius 3 is 2.32 bits per heavy atom. The number of aliphatic hydroxyl groups is 1. The number of hydrogen-bond acceptors (Lipinski definition) is 2. The third kappa shape index (κ3) is 2.77. The van der Waals surface area contributed by atoms with Gasteiger partial charge < -0.3 is 9.67 Å². The zero-order valence-electron chi connectivity index (χ0n) is 13.3. The highest BCUT2D eigenvalue weighted by atomic mass is 16.3. The number of aliphatic hydroxyl groups excluding tert-OH is 1. The van der Waals surface area contributed by atoms with E-state index >= 15 is 0 Å². The molecule has 2 aromatic carbocycles. The minimum absolute atomic E-state index is 0.538. The van der Waals surface area contributed by atoms with Crippen LogP contribution in [0.5, 0.6) is 0 Å². The van der Waals surface area contributed by atoms with Crippen molar-refractivity contribution in [1.29, 1.82) is 0 Å². The lowest BCUT2D eigenvalue weighted by atomic mass is 10.0.